The molecule has 3 nitrogen and oxygen atoms in total. The van der Waals surface area contributed by atoms with Crippen LogP contribution in [0, 0.1) is 18.3 Å². The summed E-state index contributed by atoms with van der Waals surface area (Å²) in [4.78, 5) is 4.14. The normalized spacial score (nSPS) is 11.8. The molecule has 1 atom stereocenters. The first kappa shape index (κ1) is 13.3. The summed E-state index contributed by atoms with van der Waals surface area (Å²) in [5.74, 6) is 0. The summed E-state index contributed by atoms with van der Waals surface area (Å²) in [6.07, 6.45) is 3.71. The summed E-state index contributed by atoms with van der Waals surface area (Å²) in [6.45, 7) is 5.00. The molecule has 0 spiro atoms. The summed E-state index contributed by atoms with van der Waals surface area (Å²) in [6, 6.07) is 12.1. The molecule has 0 aliphatic carbocycles. The lowest BCUT2D eigenvalue weighted by atomic mass is 10.1. The summed E-state index contributed by atoms with van der Waals surface area (Å²) in [7, 11) is 0. The van der Waals surface area contributed by atoms with Gasteiger partial charge in [0.25, 0.3) is 0 Å². The van der Waals surface area contributed by atoms with E-state index in [1.807, 2.05) is 42.7 Å². The van der Waals surface area contributed by atoms with E-state index in [4.69, 9.17) is 5.26 Å². The Hall–Kier alpha value is -2.18. The number of pyridine rings is 1. The Morgan fingerprint density at radius 1 is 1.26 bits per heavy atom. The molecule has 0 aliphatic heterocycles. The zero-order chi connectivity index (χ0) is 13.7. The van der Waals surface area contributed by atoms with Crippen LogP contribution in [-0.2, 0) is 6.54 Å². The van der Waals surface area contributed by atoms with Gasteiger partial charge in [0, 0.05) is 25.0 Å². The van der Waals surface area contributed by atoms with E-state index in [9.17, 15) is 0 Å². The van der Waals surface area contributed by atoms with Crippen molar-refractivity contribution in [1.82, 2.24) is 10.3 Å². The number of nitrogens with one attached hydrogen (secondary N) is 1. The number of aromatic nitrogens is 1. The van der Waals surface area contributed by atoms with Crippen molar-refractivity contribution in [2.24, 2.45) is 0 Å². The van der Waals surface area contributed by atoms with E-state index in [0.717, 1.165) is 6.54 Å². The minimum Gasteiger partial charge on any atom is -0.306 e. The largest absolute Gasteiger partial charge is 0.306 e. The highest BCUT2D eigenvalue weighted by Gasteiger charge is 2.05. The number of aryl methyl sites for hydroxylation is 1. The van der Waals surface area contributed by atoms with Gasteiger partial charge >= 0.3 is 0 Å². The highest BCUT2D eigenvalue weighted by Crippen LogP contribution is 2.14. The Morgan fingerprint density at radius 2 is 2.00 bits per heavy atom. The highest BCUT2D eigenvalue weighted by atomic mass is 14.9. The van der Waals surface area contributed by atoms with Crippen molar-refractivity contribution in [1.29, 1.82) is 5.26 Å². The minimum atomic E-state index is 0.243. The first-order chi connectivity index (χ1) is 9.20. The van der Waals surface area contributed by atoms with Gasteiger partial charge in [0.05, 0.1) is 11.6 Å². The van der Waals surface area contributed by atoms with Crippen LogP contribution in [0.15, 0.2) is 42.7 Å². The number of benzene rings is 1. The van der Waals surface area contributed by atoms with Crippen molar-refractivity contribution in [3.05, 3.63) is 65.0 Å². The summed E-state index contributed by atoms with van der Waals surface area (Å²) in [5, 5.41) is 12.2. The van der Waals surface area contributed by atoms with E-state index in [1.54, 1.807) is 0 Å². The predicted molar refractivity (Wildman–Crippen MR) is 75.4 cm³/mol. The quantitative estimate of drug-likeness (QED) is 0.908. The van der Waals surface area contributed by atoms with Gasteiger partial charge in [-0.1, -0.05) is 12.1 Å². The third-order valence-electron chi connectivity index (χ3n) is 3.29. The van der Waals surface area contributed by atoms with Gasteiger partial charge < -0.3 is 5.32 Å². The maximum absolute atomic E-state index is 8.78. The number of rotatable bonds is 4. The molecule has 1 unspecified atom stereocenters. The maximum atomic E-state index is 8.78. The van der Waals surface area contributed by atoms with E-state index in [-0.39, 0.29) is 6.04 Å². The third kappa shape index (κ3) is 3.40. The molecule has 0 saturated carbocycles. The van der Waals surface area contributed by atoms with Gasteiger partial charge in [0.2, 0.25) is 0 Å². The molecule has 1 aromatic heterocycles. The van der Waals surface area contributed by atoms with Crippen molar-refractivity contribution in [2.75, 3.05) is 0 Å². The first-order valence-corrected chi connectivity index (χ1v) is 6.33. The van der Waals surface area contributed by atoms with Gasteiger partial charge in [0.15, 0.2) is 0 Å². The van der Waals surface area contributed by atoms with Crippen molar-refractivity contribution in [3.8, 4) is 6.07 Å². The lowest BCUT2D eigenvalue weighted by Gasteiger charge is -2.15. The number of nitriles is 1. The monoisotopic (exact) mass is 251 g/mol. The van der Waals surface area contributed by atoms with Gasteiger partial charge in [-0.15, -0.1) is 0 Å². The van der Waals surface area contributed by atoms with Crippen molar-refractivity contribution in [2.45, 2.75) is 26.4 Å². The van der Waals surface area contributed by atoms with Crippen LogP contribution in [0.4, 0.5) is 0 Å². The fraction of sp³-hybridized carbons (Fsp3) is 0.250. The molecule has 1 aromatic carbocycles. The molecule has 0 bridgehead atoms. The third-order valence-corrected chi connectivity index (χ3v) is 3.29. The smallest absolute Gasteiger partial charge is 0.0991 e. The maximum Gasteiger partial charge on any atom is 0.0991 e. The van der Waals surface area contributed by atoms with Crippen LogP contribution < -0.4 is 5.32 Å². The molecule has 0 saturated heterocycles. The molecule has 0 fully saturated rings. The Morgan fingerprint density at radius 3 is 2.63 bits per heavy atom. The molecular weight excluding hydrogens is 234 g/mol. The van der Waals surface area contributed by atoms with E-state index in [2.05, 4.69) is 30.2 Å². The average Bonchev–Trinajstić information content (AvgIpc) is 2.46. The van der Waals surface area contributed by atoms with Crippen molar-refractivity contribution in [3.63, 3.8) is 0 Å². The zero-order valence-electron chi connectivity index (χ0n) is 11.2. The van der Waals surface area contributed by atoms with Crippen molar-refractivity contribution < 1.29 is 0 Å². The SMILES string of the molecule is Cc1ccncc1CNC(C)c1ccc(C#N)cc1. The van der Waals surface area contributed by atoms with Crippen LogP contribution in [0.1, 0.15) is 35.2 Å². The van der Waals surface area contributed by atoms with Crippen LogP contribution >= 0.6 is 0 Å². The van der Waals surface area contributed by atoms with Crippen LogP contribution in [-0.4, -0.2) is 4.98 Å². The fourth-order valence-electron chi connectivity index (χ4n) is 1.91. The number of nitrogens with zero attached hydrogens (tertiary/aromatic N) is 2. The molecule has 0 aliphatic rings. The second-order valence-corrected chi connectivity index (χ2v) is 4.64. The Balaban J connectivity index is 1.99. The van der Waals surface area contributed by atoms with Gasteiger partial charge in [-0.25, -0.2) is 0 Å². The van der Waals surface area contributed by atoms with Crippen LogP contribution in [0.5, 0.6) is 0 Å². The Labute approximate surface area is 113 Å². The van der Waals surface area contributed by atoms with Crippen molar-refractivity contribution >= 4 is 0 Å². The second kappa shape index (κ2) is 6.12. The van der Waals surface area contributed by atoms with E-state index in [1.165, 1.54) is 16.7 Å². The first-order valence-electron chi connectivity index (χ1n) is 6.33. The molecule has 2 rings (SSSR count). The van der Waals surface area contributed by atoms with E-state index in [0.29, 0.717) is 5.56 Å². The Kier molecular flexibility index (Phi) is 4.27. The second-order valence-electron chi connectivity index (χ2n) is 4.64. The summed E-state index contributed by atoms with van der Waals surface area (Å²) < 4.78 is 0. The van der Waals surface area contributed by atoms with Gasteiger partial charge in [-0.2, -0.15) is 5.26 Å². The summed E-state index contributed by atoms with van der Waals surface area (Å²) in [5.41, 5.74) is 4.33. The van der Waals surface area contributed by atoms with Crippen LogP contribution in [0.3, 0.4) is 0 Å². The van der Waals surface area contributed by atoms with Crippen LogP contribution in [0.2, 0.25) is 0 Å². The van der Waals surface area contributed by atoms with Gasteiger partial charge in [-0.05, 0) is 48.7 Å². The molecule has 0 radical (unpaired) electrons. The molecule has 0 amide bonds. The summed E-state index contributed by atoms with van der Waals surface area (Å²) >= 11 is 0. The van der Waals surface area contributed by atoms with E-state index < -0.39 is 0 Å². The lowest BCUT2D eigenvalue weighted by Crippen LogP contribution is -2.18. The minimum absolute atomic E-state index is 0.243. The molecular formula is C16H17N3. The fourth-order valence-corrected chi connectivity index (χ4v) is 1.91. The predicted octanol–water partition coefficient (Wildman–Crippen LogP) is 3.11. The van der Waals surface area contributed by atoms with E-state index >= 15 is 0 Å². The van der Waals surface area contributed by atoms with Crippen LogP contribution in [0.25, 0.3) is 0 Å². The van der Waals surface area contributed by atoms with Gasteiger partial charge in [-0.3, -0.25) is 4.98 Å². The topological polar surface area (TPSA) is 48.7 Å². The molecule has 3 heteroatoms. The number of hydrogen-bond donors (Lipinski definition) is 1. The molecule has 2 aromatic rings. The standard InChI is InChI=1S/C16H17N3/c1-12-7-8-18-10-16(12)11-19-13(2)15-5-3-14(9-17)4-6-15/h3-8,10,13,19H,11H2,1-2H3. The molecule has 1 N–H and O–H groups in total. The van der Waals surface area contributed by atoms with Gasteiger partial charge in [0.1, 0.15) is 0 Å². The number of hydrogen-bond acceptors (Lipinski definition) is 3. The highest BCUT2D eigenvalue weighted by molar-refractivity contribution is 5.32. The Bertz CT molecular complexity index is 582. The average molecular weight is 251 g/mol. The molecule has 96 valence electrons. The zero-order valence-corrected chi connectivity index (χ0v) is 11.2. The lowest BCUT2D eigenvalue weighted by molar-refractivity contribution is 0.572. The molecule has 19 heavy (non-hydrogen) atoms. The molecule has 1 heterocycles.